The molecule has 2 aliphatic carbocycles. The van der Waals surface area contributed by atoms with Crippen molar-refractivity contribution in [3.8, 4) is 28.0 Å². The third-order valence-corrected chi connectivity index (χ3v) is 22.4. The van der Waals surface area contributed by atoms with Crippen LogP contribution >= 0.6 is 0 Å². The first-order valence-electron chi connectivity index (χ1n) is 22.9. The fraction of sp³-hybridized carbons (Fsp3) is 0.407. The Balaban J connectivity index is 0.000000351. The molecule has 320 valence electrons. The van der Waals surface area contributed by atoms with Gasteiger partial charge in [0.15, 0.2) is 0 Å². The molecule has 0 fully saturated rings. The van der Waals surface area contributed by atoms with E-state index in [-0.39, 0.29) is 21.7 Å². The van der Waals surface area contributed by atoms with Crippen LogP contribution in [0.5, 0.6) is 5.75 Å². The molecule has 0 bridgehead atoms. The Morgan fingerprint density at radius 2 is 0.869 bits per heavy atom. The van der Waals surface area contributed by atoms with Crippen LogP contribution in [0.4, 0.5) is 0 Å². The van der Waals surface area contributed by atoms with Gasteiger partial charge in [0.25, 0.3) is 0 Å². The molecule has 1 nitrogen and oxygen atoms in total. The van der Waals surface area contributed by atoms with Crippen molar-refractivity contribution in [3.63, 3.8) is 0 Å². The van der Waals surface area contributed by atoms with Crippen molar-refractivity contribution in [2.45, 2.75) is 153 Å². The minimum atomic E-state index is -2.36. The van der Waals surface area contributed by atoms with Crippen LogP contribution < -0.4 is 0 Å². The fourth-order valence-electron chi connectivity index (χ4n) is 9.43. The quantitative estimate of drug-likeness (QED) is 0.180. The zero-order chi connectivity index (χ0) is 44.8. The molecule has 2 unspecified atom stereocenters. The minimum absolute atomic E-state index is 0.00859. The third-order valence-electron chi connectivity index (χ3n) is 13.1. The predicted octanol–water partition coefficient (Wildman–Crippen LogP) is 16.8. The summed E-state index contributed by atoms with van der Waals surface area (Å²) >= 11 is -2.36. The summed E-state index contributed by atoms with van der Waals surface area (Å²) in [5, 5.41) is 9.84. The summed E-state index contributed by atoms with van der Waals surface area (Å²) in [6.07, 6.45) is 7.41. The normalized spacial score (nSPS) is 16.3. The van der Waals surface area contributed by atoms with Gasteiger partial charge < -0.3 is 5.11 Å². The van der Waals surface area contributed by atoms with Crippen molar-refractivity contribution in [3.05, 3.63) is 159 Å². The second-order valence-corrected chi connectivity index (χ2v) is 29.5. The standard InChI is InChI=1S/2C21H23.C14H22O.C3H6.Zr/c2*1-5-15-13-17-7-6-8-19(20(17)14-15)16-9-11-18(12-10-16)21(2,3)4;1-13(2,3)10-7-8-12(15)11(9-10)14(4,5)6;1-3-2;/h2*6-14H,5H2,1-4H3;7-9,15H,1-6H3;1-2H3;. The molecule has 2 aliphatic rings. The first kappa shape index (κ1) is 46.6. The van der Waals surface area contributed by atoms with E-state index in [1.807, 2.05) is 6.07 Å². The van der Waals surface area contributed by atoms with Gasteiger partial charge in [-0.1, -0.05) is 53.7 Å². The van der Waals surface area contributed by atoms with Gasteiger partial charge >= 0.3 is 288 Å². The molecular weight excluding hydrogens is 816 g/mol. The predicted molar refractivity (Wildman–Crippen MR) is 265 cm³/mol. The topological polar surface area (TPSA) is 20.2 Å². The summed E-state index contributed by atoms with van der Waals surface area (Å²) in [7, 11) is 0. The first-order chi connectivity index (χ1) is 28.4. The summed E-state index contributed by atoms with van der Waals surface area (Å²) in [4.78, 5) is 0. The van der Waals surface area contributed by atoms with Crippen LogP contribution in [-0.4, -0.2) is 8.31 Å². The molecule has 5 aromatic carbocycles. The molecular formula is C59H74OZr. The van der Waals surface area contributed by atoms with Gasteiger partial charge in [0.05, 0.1) is 0 Å². The molecule has 0 saturated carbocycles. The molecule has 1 N–H and O–H groups in total. The van der Waals surface area contributed by atoms with Crippen molar-refractivity contribution in [1.82, 2.24) is 0 Å². The Bertz CT molecular complexity index is 2340. The molecule has 5 aromatic rings. The number of allylic oxidation sites excluding steroid dienone is 2. The van der Waals surface area contributed by atoms with E-state index >= 15 is 0 Å². The maximum absolute atomic E-state index is 9.84. The van der Waals surface area contributed by atoms with E-state index in [9.17, 15) is 5.11 Å². The van der Waals surface area contributed by atoms with Crippen LogP contribution in [0.2, 0.25) is 0 Å². The van der Waals surface area contributed by atoms with Crippen molar-refractivity contribution in [2.75, 3.05) is 0 Å². The van der Waals surface area contributed by atoms with Crippen molar-refractivity contribution in [1.29, 1.82) is 0 Å². The Hall–Kier alpha value is -3.87. The van der Waals surface area contributed by atoms with Crippen LogP contribution in [0.3, 0.4) is 0 Å². The van der Waals surface area contributed by atoms with Gasteiger partial charge in [0.2, 0.25) is 0 Å². The monoisotopic (exact) mass is 888 g/mol. The summed E-state index contributed by atoms with van der Waals surface area (Å²) in [5.74, 6) is 0.399. The summed E-state index contributed by atoms with van der Waals surface area (Å²) in [6, 6.07) is 38.9. The molecule has 0 saturated heterocycles. The molecule has 2 atom stereocenters. The molecule has 0 aromatic heterocycles. The molecule has 0 amide bonds. The van der Waals surface area contributed by atoms with E-state index in [1.54, 1.807) is 31.5 Å². The second kappa shape index (κ2) is 17.7. The van der Waals surface area contributed by atoms with Gasteiger partial charge in [-0.3, -0.25) is 0 Å². The summed E-state index contributed by atoms with van der Waals surface area (Å²) in [6.45, 7) is 36.4. The number of phenols is 1. The number of benzene rings is 5. The molecule has 2 heteroatoms. The Morgan fingerprint density at radius 3 is 1.20 bits per heavy atom. The van der Waals surface area contributed by atoms with E-state index in [4.69, 9.17) is 0 Å². The second-order valence-electron chi connectivity index (χ2n) is 22.0. The number of rotatable bonds is 6. The van der Waals surface area contributed by atoms with Crippen LogP contribution in [0.1, 0.15) is 175 Å². The summed E-state index contributed by atoms with van der Waals surface area (Å²) in [5.41, 5.74) is 20.4. The molecule has 0 heterocycles. The molecule has 0 radical (unpaired) electrons. The maximum atomic E-state index is 9.84. The number of hydrogen-bond donors (Lipinski definition) is 1. The SMILES string of the molecule is CC(C)(C)c1ccc(O)c(C(C)(C)C)c1.CCC1=Cc2c(-c3ccc(C(C)(C)C)cc3)cccc2[CH]1[Zr](=[C](C)C)[CH]1C(CC)=Cc2c(-c3ccc(C(C)(C)C)cc3)cccc21. The van der Waals surface area contributed by atoms with Gasteiger partial charge in [-0.25, -0.2) is 0 Å². The van der Waals surface area contributed by atoms with E-state index in [0.29, 0.717) is 13.0 Å². The number of aromatic hydroxyl groups is 1. The van der Waals surface area contributed by atoms with E-state index < -0.39 is 21.3 Å². The Morgan fingerprint density at radius 1 is 0.492 bits per heavy atom. The van der Waals surface area contributed by atoms with Crippen LogP contribution in [0, 0.1) is 0 Å². The van der Waals surface area contributed by atoms with Gasteiger partial charge in [0, 0.05) is 0 Å². The molecule has 61 heavy (non-hydrogen) atoms. The van der Waals surface area contributed by atoms with Crippen LogP contribution in [-0.2, 0) is 42.9 Å². The van der Waals surface area contributed by atoms with E-state index in [0.717, 1.165) is 18.4 Å². The van der Waals surface area contributed by atoms with Gasteiger partial charge in [-0.2, -0.15) is 0 Å². The Labute approximate surface area is 378 Å². The zero-order valence-electron chi connectivity index (χ0n) is 40.5. The fourth-order valence-corrected chi connectivity index (χ4v) is 19.3. The number of phenolic OH excluding ortho intramolecular Hbond substituents is 1. The summed E-state index contributed by atoms with van der Waals surface area (Å²) < 4.78 is 2.86. The van der Waals surface area contributed by atoms with Gasteiger partial charge in [-0.15, -0.1) is 0 Å². The first-order valence-corrected chi connectivity index (χ1v) is 26.9. The zero-order valence-corrected chi connectivity index (χ0v) is 42.9. The van der Waals surface area contributed by atoms with Crippen molar-refractivity contribution in [2.24, 2.45) is 0 Å². The van der Waals surface area contributed by atoms with Gasteiger partial charge in [0.1, 0.15) is 5.75 Å². The van der Waals surface area contributed by atoms with Crippen LogP contribution in [0.15, 0.2) is 114 Å². The van der Waals surface area contributed by atoms with Gasteiger partial charge in [-0.05, 0) is 28.0 Å². The molecule has 7 rings (SSSR count). The van der Waals surface area contributed by atoms with E-state index in [2.05, 4.69) is 214 Å². The number of fused-ring (bicyclic) bond motifs is 2. The van der Waals surface area contributed by atoms with Crippen molar-refractivity contribution < 1.29 is 26.4 Å². The number of hydrogen-bond acceptors (Lipinski definition) is 1. The van der Waals surface area contributed by atoms with Crippen LogP contribution in [0.25, 0.3) is 34.4 Å². The molecule has 0 spiro atoms. The average molecular weight is 890 g/mol. The van der Waals surface area contributed by atoms with E-state index in [1.165, 1.54) is 50.1 Å². The van der Waals surface area contributed by atoms with Crippen molar-refractivity contribution >= 4 is 15.4 Å². The molecule has 0 aliphatic heterocycles. The third kappa shape index (κ3) is 9.86. The Kier molecular flexibility index (Phi) is 13.5. The average Bonchev–Trinajstić information content (AvgIpc) is 3.75.